The van der Waals surface area contributed by atoms with Crippen LogP contribution in [0.4, 0.5) is 0 Å². The maximum atomic E-state index is 12.6. The van der Waals surface area contributed by atoms with Gasteiger partial charge in [-0.15, -0.1) is 0 Å². The zero-order chi connectivity index (χ0) is 15.4. The number of nitrogens with zero attached hydrogens (tertiary/aromatic N) is 4. The Labute approximate surface area is 129 Å². The number of rotatable bonds is 4. The number of aromatic nitrogens is 3. The quantitative estimate of drug-likeness (QED) is 0.865. The van der Waals surface area contributed by atoms with Gasteiger partial charge in [0.2, 0.25) is 0 Å². The second-order valence-electron chi connectivity index (χ2n) is 5.36. The molecule has 1 atom stereocenters. The highest BCUT2D eigenvalue weighted by molar-refractivity contribution is 5.92. The largest absolute Gasteiger partial charge is 0.370 e. The maximum absolute atomic E-state index is 12.6. The molecule has 0 aliphatic carbocycles. The van der Waals surface area contributed by atoms with Crippen LogP contribution in [0.5, 0.6) is 0 Å². The van der Waals surface area contributed by atoms with Crippen LogP contribution in [0.15, 0.2) is 36.8 Å². The summed E-state index contributed by atoms with van der Waals surface area (Å²) >= 11 is 0. The minimum atomic E-state index is -0.0987. The van der Waals surface area contributed by atoms with Crippen LogP contribution in [0.25, 0.3) is 0 Å². The van der Waals surface area contributed by atoms with Crippen LogP contribution in [-0.4, -0.2) is 45.3 Å². The minimum absolute atomic E-state index is 0.0304. The molecular weight excluding hydrogens is 280 g/mol. The van der Waals surface area contributed by atoms with Gasteiger partial charge in [-0.25, -0.2) is 0 Å². The second-order valence-corrected chi connectivity index (χ2v) is 5.36. The molecule has 1 unspecified atom stereocenters. The van der Waals surface area contributed by atoms with E-state index in [1.807, 2.05) is 27.9 Å². The first-order valence-corrected chi connectivity index (χ1v) is 7.62. The lowest BCUT2D eigenvalue weighted by atomic mass is 10.1. The van der Waals surface area contributed by atoms with Crippen molar-refractivity contribution in [2.45, 2.75) is 26.0 Å². The van der Waals surface area contributed by atoms with Crippen LogP contribution in [0.1, 0.15) is 35.5 Å². The molecule has 0 radical (unpaired) electrons. The zero-order valence-electron chi connectivity index (χ0n) is 12.7. The van der Waals surface area contributed by atoms with Gasteiger partial charge in [-0.05, 0) is 30.2 Å². The molecule has 0 bridgehead atoms. The number of hydrogen-bond acceptors (Lipinski definition) is 4. The Kier molecular flexibility index (Phi) is 4.48. The number of pyridine rings is 1. The van der Waals surface area contributed by atoms with Crippen LogP contribution in [-0.2, 0) is 11.3 Å². The number of aryl methyl sites for hydroxylation is 1. The fourth-order valence-corrected chi connectivity index (χ4v) is 2.60. The number of hydrogen-bond donors (Lipinski definition) is 0. The summed E-state index contributed by atoms with van der Waals surface area (Å²) in [5, 5.41) is 4.35. The van der Waals surface area contributed by atoms with E-state index in [9.17, 15) is 4.79 Å². The van der Waals surface area contributed by atoms with E-state index < -0.39 is 0 Å². The fraction of sp³-hybridized carbons (Fsp3) is 0.438. The van der Waals surface area contributed by atoms with E-state index in [-0.39, 0.29) is 12.0 Å². The first-order chi connectivity index (χ1) is 10.8. The van der Waals surface area contributed by atoms with Crippen LogP contribution >= 0.6 is 0 Å². The summed E-state index contributed by atoms with van der Waals surface area (Å²) in [6, 6.07) is 5.64. The van der Waals surface area contributed by atoms with Crippen molar-refractivity contribution in [1.82, 2.24) is 19.7 Å². The Bertz CT molecular complexity index is 626. The first kappa shape index (κ1) is 14.7. The predicted octanol–water partition coefficient (Wildman–Crippen LogP) is 1.90. The second kappa shape index (κ2) is 6.70. The Morgan fingerprint density at radius 2 is 2.18 bits per heavy atom. The summed E-state index contributed by atoms with van der Waals surface area (Å²) in [4.78, 5) is 18.4. The summed E-state index contributed by atoms with van der Waals surface area (Å²) in [5.41, 5.74) is 1.55. The normalized spacial score (nSPS) is 18.4. The molecule has 3 rings (SSSR count). The molecule has 6 nitrogen and oxygen atoms in total. The molecule has 2 aromatic heterocycles. The molecule has 1 aliphatic heterocycles. The minimum Gasteiger partial charge on any atom is -0.370 e. The van der Waals surface area contributed by atoms with E-state index in [2.05, 4.69) is 17.0 Å². The van der Waals surface area contributed by atoms with E-state index in [0.29, 0.717) is 25.4 Å². The smallest absolute Gasteiger partial charge is 0.274 e. The Morgan fingerprint density at radius 3 is 2.95 bits per heavy atom. The summed E-state index contributed by atoms with van der Waals surface area (Å²) in [7, 11) is 0. The van der Waals surface area contributed by atoms with Gasteiger partial charge in [-0.2, -0.15) is 5.10 Å². The molecule has 116 valence electrons. The Morgan fingerprint density at radius 1 is 1.36 bits per heavy atom. The van der Waals surface area contributed by atoms with Crippen LogP contribution < -0.4 is 0 Å². The topological polar surface area (TPSA) is 60.2 Å². The molecule has 0 aromatic carbocycles. The van der Waals surface area contributed by atoms with E-state index >= 15 is 0 Å². The zero-order valence-corrected chi connectivity index (χ0v) is 12.7. The van der Waals surface area contributed by atoms with Gasteiger partial charge in [-0.1, -0.05) is 6.92 Å². The van der Waals surface area contributed by atoms with E-state index in [4.69, 9.17) is 4.74 Å². The van der Waals surface area contributed by atoms with E-state index in [1.54, 1.807) is 18.5 Å². The van der Waals surface area contributed by atoms with Crippen LogP contribution in [0, 0.1) is 0 Å². The molecule has 0 saturated carbocycles. The van der Waals surface area contributed by atoms with Crippen molar-refractivity contribution in [3.05, 3.63) is 48.0 Å². The van der Waals surface area contributed by atoms with Gasteiger partial charge < -0.3 is 9.64 Å². The van der Waals surface area contributed by atoms with Crippen molar-refractivity contribution in [3.8, 4) is 0 Å². The monoisotopic (exact) mass is 300 g/mol. The first-order valence-electron chi connectivity index (χ1n) is 7.62. The van der Waals surface area contributed by atoms with Gasteiger partial charge >= 0.3 is 0 Å². The average Bonchev–Trinajstić information content (AvgIpc) is 3.04. The molecule has 0 spiro atoms. The SMILES string of the molecule is CCCn1ccc(C(=O)N2CCOC(c3ccncc3)C2)n1. The number of carbonyl (C=O) groups excluding carboxylic acids is 1. The molecule has 3 heterocycles. The molecule has 22 heavy (non-hydrogen) atoms. The molecule has 2 aromatic rings. The van der Waals surface area contributed by atoms with Crippen molar-refractivity contribution >= 4 is 5.91 Å². The molecular formula is C16H20N4O2. The average molecular weight is 300 g/mol. The Hall–Kier alpha value is -2.21. The maximum Gasteiger partial charge on any atom is 0.274 e. The van der Waals surface area contributed by atoms with Gasteiger partial charge in [0.1, 0.15) is 11.8 Å². The van der Waals surface area contributed by atoms with E-state index in [1.165, 1.54) is 0 Å². The van der Waals surface area contributed by atoms with Crippen LogP contribution in [0.2, 0.25) is 0 Å². The number of carbonyl (C=O) groups is 1. The number of amides is 1. The molecule has 1 saturated heterocycles. The number of ether oxygens (including phenoxy) is 1. The van der Waals surface area contributed by atoms with Crippen molar-refractivity contribution in [1.29, 1.82) is 0 Å². The molecule has 6 heteroatoms. The van der Waals surface area contributed by atoms with Gasteiger partial charge in [0, 0.05) is 31.7 Å². The number of morpholine rings is 1. The third kappa shape index (κ3) is 3.17. The van der Waals surface area contributed by atoms with Gasteiger partial charge in [0.05, 0.1) is 13.2 Å². The summed E-state index contributed by atoms with van der Waals surface area (Å²) in [5.74, 6) is -0.0304. The lowest BCUT2D eigenvalue weighted by Gasteiger charge is -2.32. The van der Waals surface area contributed by atoms with Crippen molar-refractivity contribution in [3.63, 3.8) is 0 Å². The third-order valence-electron chi connectivity index (χ3n) is 3.74. The fourth-order valence-electron chi connectivity index (χ4n) is 2.60. The van der Waals surface area contributed by atoms with Crippen LogP contribution in [0.3, 0.4) is 0 Å². The lowest BCUT2D eigenvalue weighted by Crippen LogP contribution is -2.42. The lowest BCUT2D eigenvalue weighted by molar-refractivity contribution is -0.0230. The van der Waals surface area contributed by atoms with Gasteiger partial charge in [0.15, 0.2) is 0 Å². The molecule has 1 aliphatic rings. The molecule has 1 amide bonds. The van der Waals surface area contributed by atoms with Crippen molar-refractivity contribution in [2.75, 3.05) is 19.7 Å². The van der Waals surface area contributed by atoms with Crippen molar-refractivity contribution < 1.29 is 9.53 Å². The van der Waals surface area contributed by atoms with Gasteiger partial charge in [-0.3, -0.25) is 14.5 Å². The van der Waals surface area contributed by atoms with E-state index in [0.717, 1.165) is 18.5 Å². The third-order valence-corrected chi connectivity index (χ3v) is 3.74. The highest BCUT2D eigenvalue weighted by atomic mass is 16.5. The standard InChI is InChI=1S/C16H20N4O2/c1-2-8-20-9-5-14(18-20)16(21)19-10-11-22-15(12-19)13-3-6-17-7-4-13/h3-7,9,15H,2,8,10-12H2,1H3. The Balaban J connectivity index is 1.69. The highest BCUT2D eigenvalue weighted by Crippen LogP contribution is 2.22. The summed E-state index contributed by atoms with van der Waals surface area (Å²) < 4.78 is 7.59. The highest BCUT2D eigenvalue weighted by Gasteiger charge is 2.27. The summed E-state index contributed by atoms with van der Waals surface area (Å²) in [6.07, 6.45) is 6.24. The predicted molar refractivity (Wildman–Crippen MR) is 81.4 cm³/mol. The van der Waals surface area contributed by atoms with Crippen molar-refractivity contribution in [2.24, 2.45) is 0 Å². The molecule has 1 fully saturated rings. The van der Waals surface area contributed by atoms with Gasteiger partial charge in [0.25, 0.3) is 5.91 Å². The molecule has 0 N–H and O–H groups in total. The summed E-state index contributed by atoms with van der Waals surface area (Å²) in [6.45, 7) is 4.60.